The molecule has 0 amide bonds. The van der Waals surface area contributed by atoms with E-state index in [-0.39, 0.29) is 0 Å². The van der Waals surface area contributed by atoms with Crippen molar-refractivity contribution >= 4 is 17.7 Å². The second-order valence-electron chi connectivity index (χ2n) is 3.92. The minimum atomic E-state index is -0.908. The van der Waals surface area contributed by atoms with Crippen LogP contribution in [0.25, 0.3) is 0 Å². The third-order valence-electron chi connectivity index (χ3n) is 2.65. The van der Waals surface area contributed by atoms with Gasteiger partial charge in [0, 0.05) is 16.2 Å². The first-order chi connectivity index (χ1) is 8.58. The minimum absolute atomic E-state index is 0.304. The van der Waals surface area contributed by atoms with Crippen LogP contribution in [0.3, 0.4) is 0 Å². The molecule has 0 saturated heterocycles. The number of aromatic carboxylic acids is 1. The molecule has 0 saturated carbocycles. The predicted molar refractivity (Wildman–Crippen MR) is 68.9 cm³/mol. The van der Waals surface area contributed by atoms with Crippen LogP contribution in [0.4, 0.5) is 0 Å². The summed E-state index contributed by atoms with van der Waals surface area (Å²) in [7, 11) is 0. The number of carboxylic acids is 1. The Hall–Kier alpha value is -1.75. The van der Waals surface area contributed by atoms with Crippen LogP contribution >= 0.6 is 11.8 Å². The first-order valence-electron chi connectivity index (χ1n) is 5.46. The van der Waals surface area contributed by atoms with E-state index in [2.05, 4.69) is 5.16 Å². The summed E-state index contributed by atoms with van der Waals surface area (Å²) in [6.45, 7) is 3.78. The van der Waals surface area contributed by atoms with E-state index in [0.717, 1.165) is 27.7 Å². The number of hydrogen-bond donors (Lipinski definition) is 1. The van der Waals surface area contributed by atoms with Crippen molar-refractivity contribution in [3.63, 3.8) is 0 Å². The van der Waals surface area contributed by atoms with E-state index in [0.29, 0.717) is 5.56 Å². The Balaban J connectivity index is 2.11. The van der Waals surface area contributed by atoms with Gasteiger partial charge < -0.3 is 9.63 Å². The molecular formula is C13H13NO3S. The maximum atomic E-state index is 10.9. The molecule has 94 valence electrons. The topological polar surface area (TPSA) is 63.3 Å². The van der Waals surface area contributed by atoms with E-state index in [1.165, 1.54) is 0 Å². The molecule has 0 unspecified atom stereocenters. The van der Waals surface area contributed by atoms with Crippen molar-refractivity contribution in [1.82, 2.24) is 5.16 Å². The van der Waals surface area contributed by atoms with Gasteiger partial charge in [-0.3, -0.25) is 0 Å². The van der Waals surface area contributed by atoms with Gasteiger partial charge >= 0.3 is 5.97 Å². The lowest BCUT2D eigenvalue weighted by molar-refractivity contribution is 0.0696. The SMILES string of the molecule is Cc1noc(C)c1CSc1cccc(C(=O)O)c1. The predicted octanol–water partition coefficient (Wildman–Crippen LogP) is 3.28. The first-order valence-corrected chi connectivity index (χ1v) is 6.44. The van der Waals surface area contributed by atoms with Crippen molar-refractivity contribution in [2.24, 2.45) is 0 Å². The summed E-state index contributed by atoms with van der Waals surface area (Å²) in [5, 5.41) is 12.8. The van der Waals surface area contributed by atoms with Crippen molar-refractivity contribution in [2.45, 2.75) is 24.5 Å². The van der Waals surface area contributed by atoms with Gasteiger partial charge in [0.2, 0.25) is 0 Å². The fourth-order valence-electron chi connectivity index (χ4n) is 1.58. The van der Waals surface area contributed by atoms with Crippen LogP contribution in [-0.2, 0) is 5.75 Å². The zero-order valence-electron chi connectivity index (χ0n) is 10.1. The number of aromatic nitrogens is 1. The normalized spacial score (nSPS) is 10.6. The molecule has 2 rings (SSSR count). The molecule has 0 aliphatic heterocycles. The summed E-state index contributed by atoms with van der Waals surface area (Å²) >= 11 is 1.57. The highest BCUT2D eigenvalue weighted by Gasteiger charge is 2.10. The molecule has 0 radical (unpaired) electrons. The van der Waals surface area contributed by atoms with Crippen LogP contribution in [0.2, 0.25) is 0 Å². The fraction of sp³-hybridized carbons (Fsp3) is 0.231. The lowest BCUT2D eigenvalue weighted by Gasteiger charge is -2.02. The van der Waals surface area contributed by atoms with Gasteiger partial charge in [0.15, 0.2) is 0 Å². The third kappa shape index (κ3) is 2.73. The van der Waals surface area contributed by atoms with Gasteiger partial charge in [-0.1, -0.05) is 11.2 Å². The Labute approximate surface area is 109 Å². The highest BCUT2D eigenvalue weighted by Crippen LogP contribution is 2.26. The molecule has 18 heavy (non-hydrogen) atoms. The lowest BCUT2D eigenvalue weighted by Crippen LogP contribution is -1.95. The van der Waals surface area contributed by atoms with Crippen molar-refractivity contribution in [3.8, 4) is 0 Å². The third-order valence-corrected chi connectivity index (χ3v) is 3.67. The number of aryl methyl sites for hydroxylation is 2. The zero-order chi connectivity index (χ0) is 13.1. The van der Waals surface area contributed by atoms with E-state index >= 15 is 0 Å². The molecule has 0 aliphatic rings. The largest absolute Gasteiger partial charge is 0.478 e. The van der Waals surface area contributed by atoms with Crippen LogP contribution in [0.5, 0.6) is 0 Å². The molecule has 4 nitrogen and oxygen atoms in total. The lowest BCUT2D eigenvalue weighted by atomic mass is 10.2. The molecular weight excluding hydrogens is 250 g/mol. The highest BCUT2D eigenvalue weighted by molar-refractivity contribution is 7.98. The van der Waals surface area contributed by atoms with Gasteiger partial charge in [-0.15, -0.1) is 11.8 Å². The molecule has 1 N–H and O–H groups in total. The maximum absolute atomic E-state index is 10.9. The van der Waals surface area contributed by atoms with E-state index in [4.69, 9.17) is 9.63 Å². The molecule has 0 fully saturated rings. The Morgan fingerprint density at radius 1 is 1.44 bits per heavy atom. The number of thioether (sulfide) groups is 1. The van der Waals surface area contributed by atoms with Gasteiger partial charge in [-0.05, 0) is 32.0 Å². The number of carbonyl (C=O) groups is 1. The standard InChI is InChI=1S/C13H13NO3S/c1-8-12(9(2)17-14-8)7-18-11-5-3-4-10(6-11)13(15)16/h3-6H,7H2,1-2H3,(H,15,16). The second kappa shape index (κ2) is 5.27. The van der Waals surface area contributed by atoms with Crippen LogP contribution in [0.1, 0.15) is 27.4 Å². The Morgan fingerprint density at radius 2 is 2.22 bits per heavy atom. The summed E-state index contributed by atoms with van der Waals surface area (Å²) in [4.78, 5) is 11.8. The Kier molecular flexibility index (Phi) is 3.72. The van der Waals surface area contributed by atoms with Crippen molar-refractivity contribution in [3.05, 3.63) is 46.8 Å². The molecule has 0 aliphatic carbocycles. The summed E-state index contributed by atoms with van der Waals surface area (Å²) in [6.07, 6.45) is 0. The minimum Gasteiger partial charge on any atom is -0.478 e. The summed E-state index contributed by atoms with van der Waals surface area (Å²) < 4.78 is 5.09. The molecule has 1 aromatic heterocycles. The summed E-state index contributed by atoms with van der Waals surface area (Å²) in [6, 6.07) is 6.90. The van der Waals surface area contributed by atoms with Gasteiger partial charge in [0.05, 0.1) is 11.3 Å². The van der Waals surface area contributed by atoms with Crippen molar-refractivity contribution in [1.29, 1.82) is 0 Å². The van der Waals surface area contributed by atoms with E-state index < -0.39 is 5.97 Å². The Morgan fingerprint density at radius 3 is 2.83 bits per heavy atom. The smallest absolute Gasteiger partial charge is 0.335 e. The average molecular weight is 263 g/mol. The number of rotatable bonds is 4. The fourth-order valence-corrected chi connectivity index (χ4v) is 2.69. The number of nitrogens with zero attached hydrogens (tertiary/aromatic N) is 1. The molecule has 1 heterocycles. The monoisotopic (exact) mass is 263 g/mol. The highest BCUT2D eigenvalue weighted by atomic mass is 32.2. The Bertz CT molecular complexity index is 558. The van der Waals surface area contributed by atoms with E-state index in [1.54, 1.807) is 30.0 Å². The average Bonchev–Trinajstić information content (AvgIpc) is 2.67. The number of benzene rings is 1. The quantitative estimate of drug-likeness (QED) is 0.857. The maximum Gasteiger partial charge on any atom is 0.335 e. The van der Waals surface area contributed by atoms with Crippen LogP contribution in [0, 0.1) is 13.8 Å². The summed E-state index contributed by atoms with van der Waals surface area (Å²) in [5.41, 5.74) is 2.26. The van der Waals surface area contributed by atoms with Gasteiger partial charge in [0.1, 0.15) is 5.76 Å². The zero-order valence-corrected chi connectivity index (χ0v) is 11.0. The van der Waals surface area contributed by atoms with Gasteiger partial charge in [-0.2, -0.15) is 0 Å². The molecule has 5 heteroatoms. The second-order valence-corrected chi connectivity index (χ2v) is 4.97. The first kappa shape index (κ1) is 12.7. The number of carboxylic acid groups (broad SMARTS) is 1. The molecule has 0 spiro atoms. The molecule has 0 atom stereocenters. The molecule has 2 aromatic rings. The van der Waals surface area contributed by atoms with Crippen molar-refractivity contribution < 1.29 is 14.4 Å². The number of hydrogen-bond acceptors (Lipinski definition) is 4. The van der Waals surface area contributed by atoms with Crippen LogP contribution in [-0.4, -0.2) is 16.2 Å². The van der Waals surface area contributed by atoms with E-state index in [9.17, 15) is 4.79 Å². The van der Waals surface area contributed by atoms with Crippen molar-refractivity contribution in [2.75, 3.05) is 0 Å². The van der Waals surface area contributed by atoms with Gasteiger partial charge in [0.25, 0.3) is 0 Å². The molecule has 0 bridgehead atoms. The van der Waals surface area contributed by atoms with Crippen LogP contribution in [0.15, 0.2) is 33.7 Å². The van der Waals surface area contributed by atoms with Gasteiger partial charge in [-0.25, -0.2) is 4.79 Å². The van der Waals surface area contributed by atoms with E-state index in [1.807, 2.05) is 19.9 Å². The van der Waals surface area contributed by atoms with Crippen LogP contribution < -0.4 is 0 Å². The summed E-state index contributed by atoms with van der Waals surface area (Å²) in [5.74, 6) is 0.633. The molecule has 1 aromatic carbocycles.